The monoisotopic (exact) mass is 494 g/mol. The largest absolute Gasteiger partial charge is 0.394 e. The van der Waals surface area contributed by atoms with Gasteiger partial charge in [0.2, 0.25) is 0 Å². The van der Waals surface area contributed by atoms with Crippen molar-refractivity contribution in [2.75, 3.05) is 13.2 Å². The first kappa shape index (κ1) is 25.7. The minimum atomic E-state index is -1.53. The summed E-state index contributed by atoms with van der Waals surface area (Å²) in [5, 5.41) is 39.7. The molecular weight excluding hydrogens is 452 g/mol. The van der Waals surface area contributed by atoms with Crippen molar-refractivity contribution in [3.8, 4) is 0 Å². The van der Waals surface area contributed by atoms with Gasteiger partial charge in [-0.2, -0.15) is 0 Å². The van der Waals surface area contributed by atoms with E-state index in [0.29, 0.717) is 18.1 Å². The van der Waals surface area contributed by atoms with E-state index < -0.39 is 42.7 Å². The quantitative estimate of drug-likeness (QED) is 0.454. The highest BCUT2D eigenvalue weighted by atomic mass is 16.7. The number of rotatable bonds is 5. The Morgan fingerprint density at radius 2 is 1.71 bits per heavy atom. The van der Waals surface area contributed by atoms with Crippen LogP contribution in [0.2, 0.25) is 0 Å². The number of hydrogen-bond acceptors (Lipinski definition) is 8. The normalized spacial score (nSPS) is 53.7. The second-order valence-corrected chi connectivity index (χ2v) is 13.1. The van der Waals surface area contributed by atoms with Crippen molar-refractivity contribution in [3.63, 3.8) is 0 Å². The summed E-state index contributed by atoms with van der Waals surface area (Å²) in [6, 6.07) is 0. The first-order chi connectivity index (χ1) is 16.4. The summed E-state index contributed by atoms with van der Waals surface area (Å²) >= 11 is 0. The fourth-order valence-corrected chi connectivity index (χ4v) is 9.37. The van der Waals surface area contributed by atoms with E-state index in [0.717, 1.165) is 51.4 Å². The van der Waals surface area contributed by atoms with Crippen LogP contribution in [0.15, 0.2) is 0 Å². The summed E-state index contributed by atoms with van der Waals surface area (Å²) in [6.45, 7) is 5.76. The van der Waals surface area contributed by atoms with Crippen LogP contribution in [0.5, 0.6) is 0 Å². The lowest BCUT2D eigenvalue weighted by molar-refractivity contribution is -0.300. The second kappa shape index (κ2) is 8.57. The van der Waals surface area contributed by atoms with E-state index in [1.165, 1.54) is 0 Å². The van der Waals surface area contributed by atoms with Gasteiger partial charge in [0.25, 0.3) is 0 Å². The van der Waals surface area contributed by atoms with Crippen molar-refractivity contribution in [2.24, 2.45) is 33.5 Å². The first-order valence-electron chi connectivity index (χ1n) is 13.4. The molecule has 1 aliphatic heterocycles. The van der Waals surface area contributed by atoms with Crippen LogP contribution in [0.4, 0.5) is 0 Å². The third kappa shape index (κ3) is 3.69. The van der Waals surface area contributed by atoms with Crippen molar-refractivity contribution < 1.29 is 39.5 Å². The molecule has 4 aliphatic carbocycles. The minimum absolute atomic E-state index is 0.00397. The molecule has 4 N–H and O–H groups in total. The zero-order valence-corrected chi connectivity index (χ0v) is 21.2. The van der Waals surface area contributed by atoms with E-state index in [2.05, 4.69) is 20.8 Å². The Hall–Kier alpha value is -0.900. The number of carbonyl (C=O) groups is 2. The van der Waals surface area contributed by atoms with Crippen molar-refractivity contribution in [1.29, 1.82) is 0 Å². The summed E-state index contributed by atoms with van der Waals surface area (Å²) in [5.41, 5.74) is -0.654. The molecule has 4 saturated carbocycles. The smallest absolute Gasteiger partial charge is 0.187 e. The van der Waals surface area contributed by atoms with Crippen LogP contribution in [0, 0.1) is 33.5 Å². The summed E-state index contributed by atoms with van der Waals surface area (Å²) < 4.78 is 11.1. The summed E-state index contributed by atoms with van der Waals surface area (Å²) in [5.74, 6) is 1.05. The van der Waals surface area contributed by atoms with Crippen molar-refractivity contribution >= 4 is 11.6 Å². The van der Waals surface area contributed by atoms with Gasteiger partial charge >= 0.3 is 0 Å². The van der Waals surface area contributed by atoms with Gasteiger partial charge in [-0.1, -0.05) is 27.2 Å². The molecule has 11 atom stereocenters. The summed E-state index contributed by atoms with van der Waals surface area (Å²) in [6.07, 6.45) is 1.55. The Morgan fingerprint density at radius 3 is 2.43 bits per heavy atom. The predicted molar refractivity (Wildman–Crippen MR) is 125 cm³/mol. The molecule has 0 aromatic carbocycles. The number of carbonyl (C=O) groups excluding carboxylic acids is 2. The number of ketones is 2. The summed E-state index contributed by atoms with van der Waals surface area (Å²) in [7, 11) is 0. The Kier molecular flexibility index (Phi) is 6.30. The van der Waals surface area contributed by atoms with Crippen LogP contribution in [-0.4, -0.2) is 75.9 Å². The molecule has 0 aromatic rings. The third-order valence-electron chi connectivity index (χ3n) is 11.2. The van der Waals surface area contributed by atoms with E-state index in [-0.39, 0.29) is 34.6 Å². The number of ether oxygens (including phenoxy) is 2. The van der Waals surface area contributed by atoms with E-state index >= 15 is 0 Å². The van der Waals surface area contributed by atoms with Gasteiger partial charge in [-0.3, -0.25) is 9.59 Å². The van der Waals surface area contributed by atoms with Crippen LogP contribution in [-0.2, 0) is 19.1 Å². The number of Topliss-reactive ketones (excluding diaryl/α,β-unsaturated/α-hetero) is 2. The fourth-order valence-electron chi connectivity index (χ4n) is 9.37. The van der Waals surface area contributed by atoms with Gasteiger partial charge in [0.1, 0.15) is 36.8 Å². The molecule has 8 heteroatoms. The van der Waals surface area contributed by atoms with Gasteiger partial charge in [-0.05, 0) is 67.6 Å². The van der Waals surface area contributed by atoms with Gasteiger partial charge in [0, 0.05) is 17.3 Å². The lowest BCUT2D eigenvalue weighted by atomic mass is 9.40. The fraction of sp³-hybridized carbons (Fsp3) is 0.926. The maximum absolute atomic E-state index is 13.7. The van der Waals surface area contributed by atoms with Gasteiger partial charge in [0.15, 0.2) is 12.1 Å². The Morgan fingerprint density at radius 1 is 1.00 bits per heavy atom. The SMILES string of the molecule is CC12CCC3C(CCC4C(C)(C(=O)COC5OC(CO)C(O)C(O)C5O)CCCC34C)(CC1=O)C2. The lowest BCUT2D eigenvalue weighted by Gasteiger charge is -2.64. The number of fused-ring (bicyclic) bond motifs is 3. The molecule has 0 amide bonds. The topological polar surface area (TPSA) is 134 Å². The van der Waals surface area contributed by atoms with Gasteiger partial charge in [-0.25, -0.2) is 0 Å². The number of aliphatic hydroxyl groups excluding tert-OH is 4. The van der Waals surface area contributed by atoms with Crippen LogP contribution in [0.25, 0.3) is 0 Å². The van der Waals surface area contributed by atoms with Gasteiger partial charge < -0.3 is 29.9 Å². The molecule has 198 valence electrons. The Balaban J connectivity index is 1.32. The van der Waals surface area contributed by atoms with E-state index in [1.54, 1.807) is 0 Å². The van der Waals surface area contributed by atoms with Crippen LogP contribution in [0.1, 0.15) is 78.6 Å². The zero-order chi connectivity index (χ0) is 25.4. The molecular formula is C27H42O8. The van der Waals surface area contributed by atoms with E-state index in [4.69, 9.17) is 9.47 Å². The van der Waals surface area contributed by atoms with Crippen LogP contribution >= 0.6 is 0 Å². The lowest BCUT2D eigenvalue weighted by Crippen LogP contribution is -2.60. The van der Waals surface area contributed by atoms with Gasteiger partial charge in [-0.15, -0.1) is 0 Å². The molecule has 11 unspecified atom stereocenters. The number of hydrogen-bond donors (Lipinski definition) is 4. The molecule has 1 spiro atoms. The van der Waals surface area contributed by atoms with Crippen LogP contribution < -0.4 is 0 Å². The molecule has 0 aromatic heterocycles. The minimum Gasteiger partial charge on any atom is -0.394 e. The zero-order valence-electron chi connectivity index (χ0n) is 21.2. The highest BCUT2D eigenvalue weighted by Gasteiger charge is 2.67. The standard InChI is InChI=1S/C27H42O8/c1-24-9-5-17-25(2)7-4-8-26(3,16(25)6-10-27(17,14-24)11-18(24)29)19(30)13-34-23-22(33)21(32)20(31)15(12-28)35-23/h15-17,20-23,28,31-33H,4-14H2,1-3H3. The molecule has 5 rings (SSSR count). The molecule has 1 saturated heterocycles. The maximum atomic E-state index is 13.7. The molecule has 1 heterocycles. The van der Waals surface area contributed by atoms with Crippen molar-refractivity contribution in [3.05, 3.63) is 0 Å². The van der Waals surface area contributed by atoms with Gasteiger partial charge in [0.05, 0.1) is 6.61 Å². The highest BCUT2D eigenvalue weighted by Crippen LogP contribution is 2.73. The average molecular weight is 495 g/mol. The Labute approximate surface area is 207 Å². The molecule has 35 heavy (non-hydrogen) atoms. The first-order valence-corrected chi connectivity index (χ1v) is 13.4. The average Bonchev–Trinajstić information content (AvgIpc) is 2.99. The maximum Gasteiger partial charge on any atom is 0.187 e. The number of aliphatic hydroxyl groups is 4. The molecule has 5 fully saturated rings. The molecule has 8 nitrogen and oxygen atoms in total. The second-order valence-electron chi connectivity index (χ2n) is 13.1. The summed E-state index contributed by atoms with van der Waals surface area (Å²) in [4.78, 5) is 26.6. The van der Waals surface area contributed by atoms with Crippen molar-refractivity contribution in [2.45, 2.75) is 109 Å². The Bertz CT molecular complexity index is 875. The molecule has 5 aliphatic rings. The molecule has 0 radical (unpaired) electrons. The van der Waals surface area contributed by atoms with E-state index in [9.17, 15) is 30.0 Å². The molecule has 2 bridgehead atoms. The predicted octanol–water partition coefficient (Wildman–Crippen LogP) is 1.74. The highest BCUT2D eigenvalue weighted by molar-refractivity contribution is 5.88. The third-order valence-corrected chi connectivity index (χ3v) is 11.2. The van der Waals surface area contributed by atoms with Crippen LogP contribution in [0.3, 0.4) is 0 Å². The van der Waals surface area contributed by atoms with E-state index in [1.807, 2.05) is 0 Å². The van der Waals surface area contributed by atoms with Crippen molar-refractivity contribution in [1.82, 2.24) is 0 Å².